The first-order valence-electron chi connectivity index (χ1n) is 5.09. The molecule has 0 saturated carbocycles. The Hall–Kier alpha value is -1.81. The standard InChI is InChI=1S/C9H9N.C3H7NO2/c1-7-6-10-9-5-3-2-4-8(7)9;4-2-1-3(5)6/h2-6,10H,1H3;1-2,4H2,(H,5,6). The maximum Gasteiger partial charge on any atom is 0.304 e. The van der Waals surface area contributed by atoms with Crippen LogP contribution in [-0.4, -0.2) is 22.6 Å². The van der Waals surface area contributed by atoms with Crippen molar-refractivity contribution in [1.82, 2.24) is 4.98 Å². The third kappa shape index (κ3) is 3.40. The van der Waals surface area contributed by atoms with Crippen LogP contribution >= 0.6 is 0 Å². The first-order valence-corrected chi connectivity index (χ1v) is 5.09. The Labute approximate surface area is 94.1 Å². The topological polar surface area (TPSA) is 79.1 Å². The number of carboxylic acid groups (broad SMARTS) is 1. The highest BCUT2D eigenvalue weighted by Gasteiger charge is 1.94. The van der Waals surface area contributed by atoms with Crippen molar-refractivity contribution >= 4 is 16.9 Å². The first-order chi connectivity index (χ1) is 7.65. The second kappa shape index (κ2) is 5.92. The minimum atomic E-state index is -0.836. The van der Waals surface area contributed by atoms with Gasteiger partial charge >= 0.3 is 5.97 Å². The lowest BCUT2D eigenvalue weighted by Gasteiger charge is -1.86. The molecule has 1 aromatic heterocycles. The number of aliphatic carboxylic acids is 1. The largest absolute Gasteiger partial charge is 0.481 e. The van der Waals surface area contributed by atoms with Gasteiger partial charge in [-0.25, -0.2) is 0 Å². The van der Waals surface area contributed by atoms with Crippen LogP contribution in [0.2, 0.25) is 0 Å². The average Bonchev–Trinajstić information content (AvgIpc) is 2.62. The number of hydrogen-bond acceptors (Lipinski definition) is 2. The van der Waals surface area contributed by atoms with Crippen molar-refractivity contribution < 1.29 is 9.90 Å². The van der Waals surface area contributed by atoms with Crippen molar-refractivity contribution in [3.8, 4) is 0 Å². The summed E-state index contributed by atoms with van der Waals surface area (Å²) in [6.07, 6.45) is 2.10. The summed E-state index contributed by atoms with van der Waals surface area (Å²) in [6, 6.07) is 8.31. The molecule has 16 heavy (non-hydrogen) atoms. The highest BCUT2D eigenvalue weighted by atomic mass is 16.4. The molecule has 0 aliphatic rings. The molecule has 4 N–H and O–H groups in total. The molecule has 0 aliphatic heterocycles. The van der Waals surface area contributed by atoms with E-state index in [1.54, 1.807) is 0 Å². The predicted octanol–water partition coefficient (Wildman–Crippen LogP) is 1.90. The van der Waals surface area contributed by atoms with Crippen LogP contribution < -0.4 is 5.73 Å². The lowest BCUT2D eigenvalue weighted by molar-refractivity contribution is -0.136. The van der Waals surface area contributed by atoms with Gasteiger partial charge in [0.25, 0.3) is 0 Å². The summed E-state index contributed by atoms with van der Waals surface area (Å²) in [5.41, 5.74) is 7.39. The third-order valence-corrected chi connectivity index (χ3v) is 2.15. The number of hydrogen-bond donors (Lipinski definition) is 3. The van der Waals surface area contributed by atoms with Gasteiger partial charge in [0.05, 0.1) is 6.42 Å². The molecular formula is C12H16N2O2. The maximum absolute atomic E-state index is 9.52. The van der Waals surface area contributed by atoms with E-state index < -0.39 is 5.97 Å². The molecule has 4 heteroatoms. The van der Waals surface area contributed by atoms with Crippen molar-refractivity contribution in [2.75, 3.05) is 6.54 Å². The summed E-state index contributed by atoms with van der Waals surface area (Å²) >= 11 is 0. The summed E-state index contributed by atoms with van der Waals surface area (Å²) in [7, 11) is 0. The fraction of sp³-hybridized carbons (Fsp3) is 0.250. The lowest BCUT2D eigenvalue weighted by Crippen LogP contribution is -2.05. The van der Waals surface area contributed by atoms with E-state index in [1.807, 2.05) is 12.3 Å². The van der Waals surface area contributed by atoms with E-state index in [0.717, 1.165) is 0 Å². The van der Waals surface area contributed by atoms with E-state index in [4.69, 9.17) is 10.8 Å². The van der Waals surface area contributed by atoms with Crippen LogP contribution in [0.3, 0.4) is 0 Å². The second-order valence-corrected chi connectivity index (χ2v) is 3.45. The van der Waals surface area contributed by atoms with E-state index in [0.29, 0.717) is 0 Å². The fourth-order valence-corrected chi connectivity index (χ4v) is 1.34. The van der Waals surface area contributed by atoms with E-state index in [2.05, 4.69) is 30.1 Å². The number of H-pyrrole nitrogens is 1. The fourth-order valence-electron chi connectivity index (χ4n) is 1.34. The number of rotatable bonds is 2. The van der Waals surface area contributed by atoms with Crippen molar-refractivity contribution in [3.63, 3.8) is 0 Å². The normalized spacial score (nSPS) is 9.62. The van der Waals surface area contributed by atoms with Crippen LogP contribution in [0.5, 0.6) is 0 Å². The Morgan fingerprint density at radius 3 is 2.62 bits per heavy atom. The first kappa shape index (κ1) is 12.3. The molecular weight excluding hydrogens is 204 g/mol. The zero-order chi connectivity index (χ0) is 12.0. The molecule has 0 atom stereocenters. The van der Waals surface area contributed by atoms with Crippen LogP contribution in [0.25, 0.3) is 10.9 Å². The summed E-state index contributed by atoms with van der Waals surface area (Å²) in [6.45, 7) is 2.34. The number of nitrogens with one attached hydrogen (secondary N) is 1. The molecule has 0 bridgehead atoms. The number of aryl methyl sites for hydroxylation is 1. The summed E-state index contributed by atoms with van der Waals surface area (Å²) in [5, 5.41) is 9.16. The Bertz CT molecular complexity index is 463. The van der Waals surface area contributed by atoms with Crippen LogP contribution in [0.4, 0.5) is 0 Å². The summed E-state index contributed by atoms with van der Waals surface area (Å²) in [5.74, 6) is -0.836. The maximum atomic E-state index is 9.52. The molecule has 2 rings (SSSR count). The molecule has 4 nitrogen and oxygen atoms in total. The molecule has 2 aromatic rings. The van der Waals surface area contributed by atoms with Gasteiger partial charge in [0.15, 0.2) is 0 Å². The highest BCUT2D eigenvalue weighted by Crippen LogP contribution is 2.15. The average molecular weight is 220 g/mol. The van der Waals surface area contributed by atoms with Gasteiger partial charge < -0.3 is 15.8 Å². The zero-order valence-corrected chi connectivity index (χ0v) is 9.23. The monoisotopic (exact) mass is 220 g/mol. The van der Waals surface area contributed by atoms with Gasteiger partial charge in [-0.15, -0.1) is 0 Å². The minimum Gasteiger partial charge on any atom is -0.481 e. The van der Waals surface area contributed by atoms with Crippen molar-refractivity contribution in [3.05, 3.63) is 36.0 Å². The Balaban J connectivity index is 0.000000187. The number of carboxylic acids is 1. The second-order valence-electron chi connectivity index (χ2n) is 3.45. The lowest BCUT2D eigenvalue weighted by atomic mass is 10.2. The van der Waals surface area contributed by atoms with Gasteiger partial charge in [0, 0.05) is 23.6 Å². The number of fused-ring (bicyclic) bond motifs is 1. The van der Waals surface area contributed by atoms with E-state index in [-0.39, 0.29) is 13.0 Å². The smallest absolute Gasteiger partial charge is 0.304 e. The number of carbonyl (C=O) groups is 1. The van der Waals surface area contributed by atoms with Gasteiger partial charge in [-0.05, 0) is 18.6 Å². The molecule has 86 valence electrons. The number of benzene rings is 1. The molecule has 0 aliphatic carbocycles. The van der Waals surface area contributed by atoms with Gasteiger partial charge in [0.1, 0.15) is 0 Å². The quantitative estimate of drug-likeness (QED) is 0.723. The van der Waals surface area contributed by atoms with Crippen molar-refractivity contribution in [2.24, 2.45) is 5.73 Å². The number of para-hydroxylation sites is 1. The summed E-state index contributed by atoms with van der Waals surface area (Å²) in [4.78, 5) is 12.7. The summed E-state index contributed by atoms with van der Waals surface area (Å²) < 4.78 is 0. The van der Waals surface area contributed by atoms with Gasteiger partial charge in [-0.1, -0.05) is 18.2 Å². The minimum absolute atomic E-state index is 0.0694. The van der Waals surface area contributed by atoms with E-state index >= 15 is 0 Å². The van der Waals surface area contributed by atoms with Crippen molar-refractivity contribution in [2.45, 2.75) is 13.3 Å². The van der Waals surface area contributed by atoms with E-state index in [1.165, 1.54) is 16.5 Å². The molecule has 1 aromatic carbocycles. The Kier molecular flexibility index (Phi) is 4.54. The highest BCUT2D eigenvalue weighted by molar-refractivity contribution is 5.82. The van der Waals surface area contributed by atoms with Crippen LogP contribution in [0, 0.1) is 6.92 Å². The molecule has 1 heterocycles. The van der Waals surface area contributed by atoms with Crippen LogP contribution in [0.1, 0.15) is 12.0 Å². The SMILES string of the molecule is Cc1c[nH]c2ccccc12.NCCC(=O)O. The van der Waals surface area contributed by atoms with Gasteiger partial charge in [-0.2, -0.15) is 0 Å². The van der Waals surface area contributed by atoms with E-state index in [9.17, 15) is 4.79 Å². The Morgan fingerprint density at radius 1 is 1.44 bits per heavy atom. The molecule has 0 amide bonds. The van der Waals surface area contributed by atoms with Crippen LogP contribution in [-0.2, 0) is 4.79 Å². The molecule has 0 radical (unpaired) electrons. The zero-order valence-electron chi connectivity index (χ0n) is 9.23. The number of nitrogens with two attached hydrogens (primary N) is 1. The molecule has 0 spiro atoms. The number of aromatic amines is 1. The molecule has 0 saturated heterocycles. The third-order valence-electron chi connectivity index (χ3n) is 2.15. The van der Waals surface area contributed by atoms with Crippen LogP contribution in [0.15, 0.2) is 30.5 Å². The van der Waals surface area contributed by atoms with Crippen molar-refractivity contribution in [1.29, 1.82) is 0 Å². The molecule has 0 fully saturated rings. The predicted molar refractivity (Wildman–Crippen MR) is 64.3 cm³/mol. The van der Waals surface area contributed by atoms with Gasteiger partial charge in [-0.3, -0.25) is 4.79 Å². The molecule has 0 unspecified atom stereocenters. The Morgan fingerprint density at radius 2 is 2.12 bits per heavy atom. The number of aromatic nitrogens is 1. The van der Waals surface area contributed by atoms with Gasteiger partial charge in [0.2, 0.25) is 0 Å².